The number of carbonyl (C=O) groups is 2. The number of benzene rings is 1. The molecule has 3 atom stereocenters. The maximum Gasteiger partial charge on any atom is 0.315 e. The molecule has 1 aromatic rings. The van der Waals surface area contributed by atoms with Crippen molar-refractivity contribution in [3.05, 3.63) is 35.6 Å². The fourth-order valence-electron chi connectivity index (χ4n) is 2.18. The lowest BCUT2D eigenvalue weighted by Crippen LogP contribution is -2.57. The zero-order valence-corrected chi connectivity index (χ0v) is 9.68. The minimum atomic E-state index is -1.01. The third kappa shape index (κ3) is 2.27. The molecule has 18 heavy (non-hydrogen) atoms. The molecule has 2 rings (SSSR count). The summed E-state index contributed by atoms with van der Waals surface area (Å²) in [7, 11) is 0. The number of hydrogen-bond donors (Lipinski definition) is 3. The lowest BCUT2D eigenvalue weighted by Gasteiger charge is -2.35. The minimum absolute atomic E-state index is 0.404. The van der Waals surface area contributed by atoms with E-state index in [1.165, 1.54) is 24.3 Å². The molecule has 0 spiro atoms. The maximum absolute atomic E-state index is 12.8. The van der Waals surface area contributed by atoms with E-state index < -0.39 is 35.8 Å². The van der Waals surface area contributed by atoms with E-state index in [2.05, 4.69) is 10.6 Å². The van der Waals surface area contributed by atoms with Crippen LogP contribution in [0, 0.1) is 11.7 Å². The summed E-state index contributed by atoms with van der Waals surface area (Å²) in [5.41, 5.74) is 0.575. The molecular formula is C12H13FN2O3. The Bertz CT molecular complexity index is 475. The molecule has 5 nitrogen and oxygen atoms in total. The Morgan fingerprint density at radius 3 is 2.44 bits per heavy atom. The van der Waals surface area contributed by atoms with Crippen molar-refractivity contribution in [1.82, 2.24) is 10.6 Å². The number of amides is 2. The van der Waals surface area contributed by atoms with E-state index in [-0.39, 0.29) is 0 Å². The molecule has 96 valence electrons. The molecule has 2 amide bonds. The van der Waals surface area contributed by atoms with Gasteiger partial charge in [-0.1, -0.05) is 12.1 Å². The minimum Gasteiger partial charge on any atom is -0.481 e. The molecule has 1 aromatic carbocycles. The van der Waals surface area contributed by atoms with Gasteiger partial charge in [0.25, 0.3) is 0 Å². The van der Waals surface area contributed by atoms with Crippen LogP contribution in [0.5, 0.6) is 0 Å². The van der Waals surface area contributed by atoms with Gasteiger partial charge in [-0.2, -0.15) is 0 Å². The van der Waals surface area contributed by atoms with Gasteiger partial charge in [0.2, 0.25) is 0 Å². The summed E-state index contributed by atoms with van der Waals surface area (Å²) in [4.78, 5) is 22.7. The van der Waals surface area contributed by atoms with Gasteiger partial charge in [0, 0.05) is 6.04 Å². The van der Waals surface area contributed by atoms with Gasteiger partial charge < -0.3 is 15.7 Å². The van der Waals surface area contributed by atoms with Crippen molar-refractivity contribution in [3.8, 4) is 0 Å². The number of carboxylic acid groups (broad SMARTS) is 1. The Labute approximate surface area is 103 Å². The zero-order chi connectivity index (χ0) is 13.3. The molecule has 0 aliphatic carbocycles. The molecule has 0 saturated carbocycles. The molecule has 1 saturated heterocycles. The summed E-state index contributed by atoms with van der Waals surface area (Å²) in [5.74, 6) is -2.21. The molecule has 0 aromatic heterocycles. The van der Waals surface area contributed by atoms with Gasteiger partial charge in [-0.25, -0.2) is 9.18 Å². The molecular weight excluding hydrogens is 239 g/mol. The molecule has 3 unspecified atom stereocenters. The number of carboxylic acids is 1. The highest BCUT2D eigenvalue weighted by atomic mass is 19.1. The van der Waals surface area contributed by atoms with Crippen LogP contribution < -0.4 is 10.6 Å². The number of halogens is 1. The number of urea groups is 1. The number of rotatable bonds is 2. The first kappa shape index (κ1) is 12.3. The SMILES string of the molecule is CC1NC(=O)NC(c2ccc(F)cc2)C1C(=O)O. The molecule has 6 heteroatoms. The van der Waals surface area contributed by atoms with Crippen molar-refractivity contribution in [2.75, 3.05) is 0 Å². The largest absolute Gasteiger partial charge is 0.481 e. The van der Waals surface area contributed by atoms with Crippen LogP contribution in [0.2, 0.25) is 0 Å². The van der Waals surface area contributed by atoms with Gasteiger partial charge in [0.15, 0.2) is 0 Å². The number of aliphatic carboxylic acids is 1. The summed E-state index contributed by atoms with van der Waals surface area (Å²) in [6.07, 6.45) is 0. The molecule has 1 aliphatic rings. The second kappa shape index (κ2) is 4.64. The van der Waals surface area contributed by atoms with Crippen LogP contribution in [0.4, 0.5) is 9.18 Å². The first-order valence-corrected chi connectivity index (χ1v) is 5.54. The Balaban J connectivity index is 2.34. The molecule has 1 fully saturated rings. The Kier molecular flexibility index (Phi) is 3.18. The summed E-state index contributed by atoms with van der Waals surface area (Å²) in [5, 5.41) is 14.3. The lowest BCUT2D eigenvalue weighted by molar-refractivity contribution is -0.144. The molecule has 1 heterocycles. The fraction of sp³-hybridized carbons (Fsp3) is 0.333. The molecule has 0 radical (unpaired) electrons. The van der Waals surface area contributed by atoms with Crippen molar-refractivity contribution < 1.29 is 19.1 Å². The highest BCUT2D eigenvalue weighted by Crippen LogP contribution is 2.28. The average molecular weight is 252 g/mol. The van der Waals surface area contributed by atoms with Gasteiger partial charge in [0.1, 0.15) is 11.7 Å². The van der Waals surface area contributed by atoms with Gasteiger partial charge in [0.05, 0.1) is 6.04 Å². The summed E-state index contributed by atoms with van der Waals surface area (Å²) < 4.78 is 12.8. The van der Waals surface area contributed by atoms with Crippen LogP contribution >= 0.6 is 0 Å². The summed E-state index contributed by atoms with van der Waals surface area (Å²) in [6.45, 7) is 1.63. The quantitative estimate of drug-likeness (QED) is 0.741. The first-order chi connectivity index (χ1) is 8.49. The standard InChI is InChI=1S/C12H13FN2O3/c1-6-9(11(16)17)10(15-12(18)14-6)7-2-4-8(13)5-3-7/h2-6,9-10H,1H3,(H,16,17)(H2,14,15,18). The third-order valence-corrected chi connectivity index (χ3v) is 3.06. The maximum atomic E-state index is 12.8. The van der Waals surface area contributed by atoms with Gasteiger partial charge in [-0.3, -0.25) is 4.79 Å². The van der Waals surface area contributed by atoms with E-state index in [4.69, 9.17) is 0 Å². The normalized spacial score (nSPS) is 27.2. The van der Waals surface area contributed by atoms with E-state index in [9.17, 15) is 19.1 Å². The Morgan fingerprint density at radius 1 is 1.28 bits per heavy atom. The molecule has 1 aliphatic heterocycles. The highest BCUT2D eigenvalue weighted by Gasteiger charge is 2.39. The number of nitrogens with one attached hydrogen (secondary N) is 2. The van der Waals surface area contributed by atoms with E-state index in [0.717, 1.165) is 0 Å². The van der Waals surface area contributed by atoms with Gasteiger partial charge >= 0.3 is 12.0 Å². The zero-order valence-electron chi connectivity index (χ0n) is 9.68. The lowest BCUT2D eigenvalue weighted by atomic mass is 9.86. The predicted molar refractivity (Wildman–Crippen MR) is 61.4 cm³/mol. The van der Waals surface area contributed by atoms with Crippen molar-refractivity contribution >= 4 is 12.0 Å². The third-order valence-electron chi connectivity index (χ3n) is 3.06. The average Bonchev–Trinajstić information content (AvgIpc) is 2.28. The second-order valence-electron chi connectivity index (χ2n) is 4.30. The van der Waals surface area contributed by atoms with Crippen LogP contribution in [0.3, 0.4) is 0 Å². The predicted octanol–water partition coefficient (Wildman–Crippen LogP) is 1.27. The van der Waals surface area contributed by atoms with E-state index in [1.807, 2.05) is 0 Å². The highest BCUT2D eigenvalue weighted by molar-refractivity contribution is 5.81. The van der Waals surface area contributed by atoms with Crippen molar-refractivity contribution in [2.24, 2.45) is 5.92 Å². The monoisotopic (exact) mass is 252 g/mol. The van der Waals surface area contributed by atoms with Crippen LogP contribution in [-0.4, -0.2) is 23.1 Å². The van der Waals surface area contributed by atoms with Crippen LogP contribution in [-0.2, 0) is 4.79 Å². The first-order valence-electron chi connectivity index (χ1n) is 5.54. The molecule has 0 bridgehead atoms. The van der Waals surface area contributed by atoms with Crippen molar-refractivity contribution in [1.29, 1.82) is 0 Å². The summed E-state index contributed by atoms with van der Waals surface area (Å²) in [6, 6.07) is 3.87. The van der Waals surface area contributed by atoms with Crippen LogP contribution in [0.25, 0.3) is 0 Å². The fourth-order valence-corrected chi connectivity index (χ4v) is 2.18. The Hall–Kier alpha value is -2.11. The van der Waals surface area contributed by atoms with Crippen LogP contribution in [0.15, 0.2) is 24.3 Å². The van der Waals surface area contributed by atoms with Crippen molar-refractivity contribution in [3.63, 3.8) is 0 Å². The Morgan fingerprint density at radius 2 is 1.89 bits per heavy atom. The van der Waals surface area contributed by atoms with Gasteiger partial charge in [-0.15, -0.1) is 0 Å². The van der Waals surface area contributed by atoms with Crippen molar-refractivity contribution in [2.45, 2.75) is 19.0 Å². The van der Waals surface area contributed by atoms with E-state index >= 15 is 0 Å². The van der Waals surface area contributed by atoms with E-state index in [0.29, 0.717) is 5.56 Å². The van der Waals surface area contributed by atoms with E-state index in [1.54, 1.807) is 6.92 Å². The second-order valence-corrected chi connectivity index (χ2v) is 4.30. The summed E-state index contributed by atoms with van der Waals surface area (Å²) >= 11 is 0. The smallest absolute Gasteiger partial charge is 0.315 e. The number of hydrogen-bond acceptors (Lipinski definition) is 2. The number of carbonyl (C=O) groups excluding carboxylic acids is 1. The van der Waals surface area contributed by atoms with Crippen LogP contribution in [0.1, 0.15) is 18.5 Å². The van der Waals surface area contributed by atoms with Gasteiger partial charge in [-0.05, 0) is 24.6 Å². The molecule has 3 N–H and O–H groups in total. The topological polar surface area (TPSA) is 78.4 Å².